The van der Waals surface area contributed by atoms with Crippen LogP contribution in [0.4, 0.5) is 0 Å². The molecule has 324 valence electrons. The number of esters is 2. The maximum Gasteiger partial charge on any atom is 0.338 e. The van der Waals surface area contributed by atoms with Crippen LogP contribution < -0.4 is 5.32 Å². The number of nitrogens with one attached hydrogen (secondary N) is 1. The Morgan fingerprint density at radius 1 is 0.902 bits per heavy atom. The standard InChI is InChI=1S/C51H61NO9/c1-48(2,3)60-44(54)24-22-38(31-53)52-46(55)35-28-41(45-42(29-35)58-51(61-45,36-13-9-7-10-14-36)37-15-11-8-12-16-37)57-47(56)33-19-17-32(18-20-33)27-34-21-23-43-50(6,59-43)26-25-40-39(34)30-49(40,4)5/h7-20,27,29,38-43,45,53H,21-26,28,30-31H2,1-6H3,(H,52,55). The molecule has 2 aliphatic heterocycles. The van der Waals surface area contributed by atoms with Crippen LogP contribution in [0.1, 0.15) is 120 Å². The summed E-state index contributed by atoms with van der Waals surface area (Å²) in [5.74, 6) is -1.58. The fourth-order valence-electron chi connectivity index (χ4n) is 10.1. The summed E-state index contributed by atoms with van der Waals surface area (Å²) in [7, 11) is 0. The van der Waals surface area contributed by atoms with E-state index in [-0.39, 0.29) is 31.5 Å². The van der Waals surface area contributed by atoms with Gasteiger partial charge in [-0.3, -0.25) is 9.59 Å². The lowest BCUT2D eigenvalue weighted by atomic mass is 9.52. The van der Waals surface area contributed by atoms with Gasteiger partial charge in [-0.15, -0.1) is 0 Å². The second-order valence-electron chi connectivity index (χ2n) is 19.6. The highest BCUT2D eigenvalue weighted by molar-refractivity contribution is 5.94. The van der Waals surface area contributed by atoms with E-state index in [0.29, 0.717) is 34.5 Å². The summed E-state index contributed by atoms with van der Waals surface area (Å²) < 4.78 is 31.7. The van der Waals surface area contributed by atoms with Gasteiger partial charge in [0.25, 0.3) is 0 Å². The molecular formula is C51H61NO9. The Bertz CT molecular complexity index is 2100. The van der Waals surface area contributed by atoms with E-state index in [9.17, 15) is 19.5 Å². The summed E-state index contributed by atoms with van der Waals surface area (Å²) in [5, 5.41) is 13.1. The van der Waals surface area contributed by atoms with Crippen LogP contribution in [0.2, 0.25) is 0 Å². The van der Waals surface area contributed by atoms with Gasteiger partial charge >= 0.3 is 11.9 Å². The molecule has 3 aromatic rings. The molecule has 3 aromatic carbocycles. The van der Waals surface area contributed by atoms with Gasteiger partial charge in [0.2, 0.25) is 11.7 Å². The number of benzene rings is 3. The van der Waals surface area contributed by atoms with E-state index in [4.69, 9.17) is 23.7 Å². The fraction of sp³-hybridized carbons (Fsp3) is 0.510. The van der Waals surface area contributed by atoms with Gasteiger partial charge in [-0.2, -0.15) is 0 Å². The van der Waals surface area contributed by atoms with Crippen molar-refractivity contribution in [2.45, 2.75) is 140 Å². The lowest BCUT2D eigenvalue weighted by molar-refractivity contribution is -0.157. The molecule has 10 nitrogen and oxygen atoms in total. The van der Waals surface area contributed by atoms with Crippen molar-refractivity contribution in [1.29, 1.82) is 0 Å². The third-order valence-electron chi connectivity index (χ3n) is 13.5. The zero-order chi connectivity index (χ0) is 43.2. The van der Waals surface area contributed by atoms with Gasteiger partial charge in [-0.25, -0.2) is 4.79 Å². The number of rotatable bonds is 11. The highest BCUT2D eigenvalue weighted by Crippen LogP contribution is 2.60. The monoisotopic (exact) mass is 831 g/mol. The van der Waals surface area contributed by atoms with E-state index >= 15 is 0 Å². The van der Waals surface area contributed by atoms with Gasteiger partial charge in [0.1, 0.15) is 23.9 Å². The molecule has 2 saturated heterocycles. The molecule has 8 rings (SSSR count). The predicted octanol–water partition coefficient (Wildman–Crippen LogP) is 8.60. The van der Waals surface area contributed by atoms with Crippen molar-refractivity contribution in [3.8, 4) is 0 Å². The average molecular weight is 832 g/mol. The molecule has 5 aliphatic rings. The van der Waals surface area contributed by atoms with Gasteiger partial charge < -0.3 is 34.1 Å². The maximum atomic E-state index is 14.1. The second-order valence-corrected chi connectivity index (χ2v) is 19.6. The third-order valence-corrected chi connectivity index (χ3v) is 13.5. The molecule has 0 bridgehead atoms. The minimum atomic E-state index is -1.35. The number of carbonyl (C=O) groups is 3. The number of fused-ring (bicyclic) bond motifs is 3. The normalized spacial score (nSPS) is 29.8. The minimum absolute atomic E-state index is 0.0183. The average Bonchev–Trinajstić information content (AvgIpc) is 3.68. The number of aliphatic hydroxyl groups excluding tert-OH is 1. The van der Waals surface area contributed by atoms with E-state index in [2.05, 4.69) is 32.2 Å². The zero-order valence-corrected chi connectivity index (χ0v) is 36.4. The SMILES string of the molecule is CC(C)(C)OC(=O)CCC(CO)NC(=O)C1=CC2OC(c3ccccc3)(c3ccccc3)OC2C(OC(=O)c2ccc(C=C3CCC4OC4(C)CCC4C3CC4(C)C)cc2)C1. The summed E-state index contributed by atoms with van der Waals surface area (Å²) in [5.41, 5.74) is 4.41. The quantitative estimate of drug-likeness (QED) is 0.144. The van der Waals surface area contributed by atoms with Gasteiger partial charge in [0, 0.05) is 29.5 Å². The van der Waals surface area contributed by atoms with Crippen molar-refractivity contribution in [2.75, 3.05) is 6.61 Å². The molecule has 2 heterocycles. The van der Waals surface area contributed by atoms with Crippen LogP contribution in [-0.4, -0.2) is 71.2 Å². The Balaban J connectivity index is 1.03. The Morgan fingerprint density at radius 3 is 2.20 bits per heavy atom. The van der Waals surface area contributed by atoms with Crippen LogP contribution in [0, 0.1) is 17.3 Å². The van der Waals surface area contributed by atoms with Crippen molar-refractivity contribution < 1.29 is 43.2 Å². The number of ether oxygens (including phenoxy) is 5. The van der Waals surface area contributed by atoms with Crippen LogP contribution in [0.25, 0.3) is 6.08 Å². The first-order valence-corrected chi connectivity index (χ1v) is 22.1. The van der Waals surface area contributed by atoms with Crippen LogP contribution in [0.5, 0.6) is 0 Å². The first-order chi connectivity index (χ1) is 29.1. The van der Waals surface area contributed by atoms with Crippen LogP contribution >= 0.6 is 0 Å². The van der Waals surface area contributed by atoms with Crippen molar-refractivity contribution in [2.24, 2.45) is 17.3 Å². The number of aliphatic hydroxyl groups is 1. The molecule has 8 unspecified atom stereocenters. The van der Waals surface area contributed by atoms with E-state index < -0.39 is 53.6 Å². The van der Waals surface area contributed by atoms with Gasteiger partial charge in [-0.05, 0) is 107 Å². The Morgan fingerprint density at radius 2 is 1.57 bits per heavy atom. The first-order valence-electron chi connectivity index (χ1n) is 22.1. The molecule has 0 spiro atoms. The number of allylic oxidation sites excluding steroid dienone is 1. The molecule has 0 radical (unpaired) electrons. The number of amides is 1. The smallest absolute Gasteiger partial charge is 0.338 e. The van der Waals surface area contributed by atoms with Crippen LogP contribution in [0.3, 0.4) is 0 Å². The molecule has 0 aromatic heterocycles. The summed E-state index contributed by atoms with van der Waals surface area (Å²) >= 11 is 0. The number of epoxide rings is 1. The van der Waals surface area contributed by atoms with Crippen molar-refractivity contribution in [3.63, 3.8) is 0 Å². The second kappa shape index (κ2) is 16.9. The maximum absolute atomic E-state index is 14.1. The Kier molecular flexibility index (Phi) is 11.9. The van der Waals surface area contributed by atoms with Crippen LogP contribution in [0.15, 0.2) is 102 Å². The number of hydrogen-bond acceptors (Lipinski definition) is 9. The minimum Gasteiger partial charge on any atom is -0.460 e. The zero-order valence-electron chi connectivity index (χ0n) is 36.4. The molecule has 61 heavy (non-hydrogen) atoms. The van der Waals surface area contributed by atoms with E-state index in [1.807, 2.05) is 72.8 Å². The number of carbonyl (C=O) groups excluding carboxylic acids is 3. The molecule has 1 amide bonds. The lowest BCUT2D eigenvalue weighted by Crippen LogP contribution is -2.45. The molecule has 4 fully saturated rings. The molecule has 10 heteroatoms. The number of hydrogen-bond donors (Lipinski definition) is 2. The first kappa shape index (κ1) is 43.1. The fourth-order valence-corrected chi connectivity index (χ4v) is 10.1. The molecular weight excluding hydrogens is 771 g/mol. The Labute approximate surface area is 360 Å². The lowest BCUT2D eigenvalue weighted by Gasteiger charge is -2.53. The summed E-state index contributed by atoms with van der Waals surface area (Å²) in [6.07, 6.45) is 7.69. The van der Waals surface area contributed by atoms with Crippen molar-refractivity contribution in [3.05, 3.63) is 124 Å². The highest BCUT2D eigenvalue weighted by Gasteiger charge is 2.57. The van der Waals surface area contributed by atoms with Gasteiger partial charge in [-0.1, -0.05) is 98.3 Å². The molecule has 2 saturated carbocycles. The molecule has 3 aliphatic carbocycles. The van der Waals surface area contributed by atoms with Crippen molar-refractivity contribution in [1.82, 2.24) is 5.32 Å². The summed E-state index contributed by atoms with van der Waals surface area (Å²) in [4.78, 5) is 40.5. The third kappa shape index (κ3) is 9.29. The summed E-state index contributed by atoms with van der Waals surface area (Å²) in [6.45, 7) is 12.0. The Hall–Kier alpha value is -4.61. The predicted molar refractivity (Wildman–Crippen MR) is 231 cm³/mol. The van der Waals surface area contributed by atoms with Crippen LogP contribution in [-0.2, 0) is 39.1 Å². The molecule has 2 N–H and O–H groups in total. The van der Waals surface area contributed by atoms with Crippen molar-refractivity contribution >= 4 is 23.9 Å². The summed E-state index contributed by atoms with van der Waals surface area (Å²) in [6, 6.07) is 26.0. The highest BCUT2D eigenvalue weighted by atomic mass is 16.8. The van der Waals surface area contributed by atoms with E-state index in [1.54, 1.807) is 39.0 Å². The molecule has 8 atom stereocenters. The largest absolute Gasteiger partial charge is 0.460 e. The van der Waals surface area contributed by atoms with Gasteiger partial charge in [0.05, 0.1) is 29.9 Å². The van der Waals surface area contributed by atoms with E-state index in [1.165, 1.54) is 18.4 Å². The van der Waals surface area contributed by atoms with Gasteiger partial charge in [0.15, 0.2) is 0 Å². The topological polar surface area (TPSA) is 133 Å². The van der Waals surface area contributed by atoms with E-state index in [0.717, 1.165) is 36.0 Å².